The van der Waals surface area contributed by atoms with Crippen LogP contribution in [0.5, 0.6) is 5.75 Å². The van der Waals surface area contributed by atoms with Crippen LogP contribution in [0.4, 0.5) is 4.79 Å². The van der Waals surface area contributed by atoms with E-state index in [0.29, 0.717) is 37.2 Å². The molecule has 2 saturated heterocycles. The number of nitrogens with zero attached hydrogens (tertiary/aromatic N) is 2. The predicted molar refractivity (Wildman–Crippen MR) is 118 cm³/mol. The Labute approximate surface area is 184 Å². The highest BCUT2D eigenvalue weighted by atomic mass is 16.5. The van der Waals surface area contributed by atoms with Gasteiger partial charge >= 0.3 is 6.03 Å². The van der Waals surface area contributed by atoms with Crippen molar-refractivity contribution < 1.29 is 19.1 Å². The molecule has 2 aliphatic heterocycles. The number of rotatable bonds is 6. The second kappa shape index (κ2) is 10.5. The van der Waals surface area contributed by atoms with Crippen LogP contribution in [0.2, 0.25) is 0 Å². The van der Waals surface area contributed by atoms with E-state index in [1.807, 2.05) is 18.7 Å². The number of carbonyl (C=O) groups is 3. The van der Waals surface area contributed by atoms with Gasteiger partial charge in [0.15, 0.2) is 0 Å². The summed E-state index contributed by atoms with van der Waals surface area (Å²) in [6, 6.07) is 6.35. The van der Waals surface area contributed by atoms with Crippen molar-refractivity contribution in [2.75, 3.05) is 33.3 Å². The lowest BCUT2D eigenvalue weighted by atomic mass is 9.88. The zero-order valence-corrected chi connectivity index (χ0v) is 18.7. The van der Waals surface area contributed by atoms with Crippen molar-refractivity contribution in [2.45, 2.75) is 51.6 Å². The Balaban J connectivity index is 1.70. The van der Waals surface area contributed by atoms with E-state index in [-0.39, 0.29) is 29.8 Å². The van der Waals surface area contributed by atoms with Gasteiger partial charge in [-0.25, -0.2) is 4.79 Å². The van der Waals surface area contributed by atoms with E-state index < -0.39 is 6.04 Å². The first-order valence-corrected chi connectivity index (χ1v) is 11.2. The minimum absolute atomic E-state index is 0.00856. The van der Waals surface area contributed by atoms with Crippen LogP contribution in [-0.4, -0.2) is 73.0 Å². The van der Waals surface area contributed by atoms with Gasteiger partial charge < -0.3 is 25.2 Å². The van der Waals surface area contributed by atoms with Crippen molar-refractivity contribution in [1.82, 2.24) is 20.4 Å². The molecule has 0 unspecified atom stereocenters. The largest absolute Gasteiger partial charge is 0.497 e. The van der Waals surface area contributed by atoms with Gasteiger partial charge in [0.1, 0.15) is 11.8 Å². The minimum Gasteiger partial charge on any atom is -0.497 e. The maximum atomic E-state index is 13.3. The Morgan fingerprint density at radius 1 is 1.00 bits per heavy atom. The molecule has 0 bridgehead atoms. The number of methoxy groups -OCH3 is 1. The summed E-state index contributed by atoms with van der Waals surface area (Å²) < 4.78 is 5.22. The number of piperidine rings is 1. The second-order valence-corrected chi connectivity index (χ2v) is 8.64. The Morgan fingerprint density at radius 3 is 2.29 bits per heavy atom. The molecule has 0 spiro atoms. The zero-order chi connectivity index (χ0) is 22.4. The molecule has 1 aromatic rings. The Hall–Kier alpha value is -2.77. The molecule has 0 aliphatic carbocycles. The highest BCUT2D eigenvalue weighted by Crippen LogP contribution is 2.24. The van der Waals surface area contributed by atoms with E-state index in [0.717, 1.165) is 25.9 Å². The third-order valence-corrected chi connectivity index (χ3v) is 6.01. The molecular formula is C23H34N4O4. The number of nitrogens with one attached hydrogen (secondary N) is 2. The number of urea groups is 1. The molecule has 2 aliphatic rings. The molecule has 4 amide bonds. The quantitative estimate of drug-likeness (QED) is 0.724. The van der Waals surface area contributed by atoms with Gasteiger partial charge in [0.25, 0.3) is 5.91 Å². The Kier molecular flexibility index (Phi) is 7.76. The summed E-state index contributed by atoms with van der Waals surface area (Å²) in [5, 5.41) is 5.92. The van der Waals surface area contributed by atoms with Crippen LogP contribution in [-0.2, 0) is 4.79 Å². The van der Waals surface area contributed by atoms with Gasteiger partial charge in [-0.05, 0) is 63.6 Å². The molecule has 8 heteroatoms. The number of likely N-dealkylation sites (tertiary alicyclic amines) is 2. The van der Waals surface area contributed by atoms with Crippen LogP contribution in [0.1, 0.15) is 49.9 Å². The number of benzene rings is 1. The molecule has 1 atom stereocenters. The molecule has 8 nitrogen and oxygen atoms in total. The average molecular weight is 431 g/mol. The fourth-order valence-corrected chi connectivity index (χ4v) is 4.28. The molecule has 2 heterocycles. The lowest BCUT2D eigenvalue weighted by molar-refractivity contribution is -0.134. The molecule has 0 saturated carbocycles. The van der Waals surface area contributed by atoms with E-state index >= 15 is 0 Å². The summed E-state index contributed by atoms with van der Waals surface area (Å²) in [5.74, 6) is 0.292. The smallest absolute Gasteiger partial charge is 0.317 e. The van der Waals surface area contributed by atoms with Crippen molar-refractivity contribution >= 4 is 17.8 Å². The first-order valence-electron chi connectivity index (χ1n) is 11.2. The van der Waals surface area contributed by atoms with Crippen molar-refractivity contribution in [2.24, 2.45) is 5.92 Å². The summed E-state index contributed by atoms with van der Waals surface area (Å²) >= 11 is 0. The van der Waals surface area contributed by atoms with Gasteiger partial charge in [-0.2, -0.15) is 0 Å². The maximum absolute atomic E-state index is 13.3. The van der Waals surface area contributed by atoms with E-state index in [2.05, 4.69) is 10.6 Å². The molecule has 0 aromatic heterocycles. The van der Waals surface area contributed by atoms with Crippen LogP contribution in [0.25, 0.3) is 0 Å². The molecule has 170 valence electrons. The van der Waals surface area contributed by atoms with Gasteiger partial charge in [-0.15, -0.1) is 0 Å². The van der Waals surface area contributed by atoms with Crippen LogP contribution >= 0.6 is 0 Å². The third-order valence-electron chi connectivity index (χ3n) is 6.01. The lowest BCUT2D eigenvalue weighted by Crippen LogP contribution is -2.55. The molecule has 31 heavy (non-hydrogen) atoms. The van der Waals surface area contributed by atoms with Crippen LogP contribution in [0, 0.1) is 5.92 Å². The minimum atomic E-state index is -0.591. The predicted octanol–water partition coefficient (Wildman–Crippen LogP) is 2.25. The van der Waals surface area contributed by atoms with Crippen LogP contribution in [0.3, 0.4) is 0 Å². The third kappa shape index (κ3) is 5.89. The summed E-state index contributed by atoms with van der Waals surface area (Å²) in [4.78, 5) is 42.2. The van der Waals surface area contributed by atoms with Crippen molar-refractivity contribution in [3.05, 3.63) is 29.8 Å². The monoisotopic (exact) mass is 430 g/mol. The van der Waals surface area contributed by atoms with E-state index in [9.17, 15) is 14.4 Å². The van der Waals surface area contributed by atoms with Crippen molar-refractivity contribution in [3.8, 4) is 5.75 Å². The van der Waals surface area contributed by atoms with E-state index in [1.54, 1.807) is 36.3 Å². The standard InChI is InChI=1S/C23H34N4O4/c1-16(2)24-23(30)27-13-9-17(10-14-27)20(22(29)26-11-4-5-12-26)25-21(28)18-7-6-8-19(15-18)31-3/h6-8,15-17,20H,4-5,9-14H2,1-3H3,(H,24,30)(H,25,28)/t20-/m0/s1. The molecular weight excluding hydrogens is 396 g/mol. The summed E-state index contributed by atoms with van der Waals surface area (Å²) in [6.45, 7) is 6.48. The second-order valence-electron chi connectivity index (χ2n) is 8.64. The molecule has 3 rings (SSSR count). The number of hydrogen-bond donors (Lipinski definition) is 2. The molecule has 0 radical (unpaired) electrons. The normalized spacial score (nSPS) is 18.1. The van der Waals surface area contributed by atoms with Gasteiger partial charge in [0, 0.05) is 37.8 Å². The highest BCUT2D eigenvalue weighted by Gasteiger charge is 2.37. The van der Waals surface area contributed by atoms with Gasteiger partial charge in [-0.3, -0.25) is 9.59 Å². The summed E-state index contributed by atoms with van der Waals surface area (Å²) in [5.41, 5.74) is 0.465. The van der Waals surface area contributed by atoms with E-state index in [1.165, 1.54) is 0 Å². The summed E-state index contributed by atoms with van der Waals surface area (Å²) in [6.07, 6.45) is 3.34. The number of hydrogen-bond acceptors (Lipinski definition) is 4. The SMILES string of the molecule is COc1cccc(C(=O)N[C@H](C(=O)N2CCCC2)C2CCN(C(=O)NC(C)C)CC2)c1. The maximum Gasteiger partial charge on any atom is 0.317 e. The van der Waals surface area contributed by atoms with Crippen molar-refractivity contribution in [3.63, 3.8) is 0 Å². The molecule has 2 N–H and O–H groups in total. The number of ether oxygens (including phenoxy) is 1. The summed E-state index contributed by atoms with van der Waals surface area (Å²) in [7, 11) is 1.56. The Morgan fingerprint density at radius 2 is 1.68 bits per heavy atom. The molecule has 2 fully saturated rings. The Bertz CT molecular complexity index is 784. The zero-order valence-electron chi connectivity index (χ0n) is 18.7. The highest BCUT2D eigenvalue weighted by molar-refractivity contribution is 5.98. The van der Waals surface area contributed by atoms with E-state index in [4.69, 9.17) is 4.74 Å². The lowest BCUT2D eigenvalue weighted by Gasteiger charge is -2.37. The van der Waals surface area contributed by atoms with Crippen molar-refractivity contribution in [1.29, 1.82) is 0 Å². The fraction of sp³-hybridized carbons (Fsp3) is 0.609. The molecule has 1 aromatic carbocycles. The number of carbonyl (C=O) groups excluding carboxylic acids is 3. The average Bonchev–Trinajstić information content (AvgIpc) is 3.31. The van der Waals surface area contributed by atoms with Gasteiger partial charge in [-0.1, -0.05) is 6.07 Å². The van der Waals surface area contributed by atoms with Crippen LogP contribution < -0.4 is 15.4 Å². The fourth-order valence-electron chi connectivity index (χ4n) is 4.28. The van der Waals surface area contributed by atoms with Gasteiger partial charge in [0.2, 0.25) is 5.91 Å². The topological polar surface area (TPSA) is 91.0 Å². The first-order chi connectivity index (χ1) is 14.9. The first kappa shape index (κ1) is 22.9. The number of amides is 4. The van der Waals surface area contributed by atoms with Gasteiger partial charge in [0.05, 0.1) is 7.11 Å². The van der Waals surface area contributed by atoms with Crippen LogP contribution in [0.15, 0.2) is 24.3 Å².